The van der Waals surface area contributed by atoms with Gasteiger partial charge in [0.25, 0.3) is 0 Å². The molecule has 5 aliphatic rings. The van der Waals surface area contributed by atoms with E-state index in [-0.39, 0.29) is 30.2 Å². The van der Waals surface area contributed by atoms with Crippen LogP contribution in [0.1, 0.15) is 52.1 Å². The third-order valence-electron chi connectivity index (χ3n) is 9.14. The molecule has 1 spiro atoms. The number of hydrogen-bond acceptors (Lipinski definition) is 9. The molecule has 4 aliphatic heterocycles. The molecule has 2 bridgehead atoms. The third-order valence-corrected chi connectivity index (χ3v) is 9.14. The van der Waals surface area contributed by atoms with Gasteiger partial charge in [0.1, 0.15) is 5.69 Å². The highest BCUT2D eigenvalue weighted by Gasteiger charge is 2.70. The number of amides is 1. The number of nitrogens with zero attached hydrogens (tertiary/aromatic N) is 4. The van der Waals surface area contributed by atoms with Gasteiger partial charge in [0.15, 0.2) is 23.3 Å². The van der Waals surface area contributed by atoms with Gasteiger partial charge < -0.3 is 23.8 Å². The summed E-state index contributed by atoms with van der Waals surface area (Å²) in [6.45, 7) is 6.43. The maximum Gasteiger partial charge on any atom is 0.228 e. The molecule has 0 N–H and O–H groups in total. The first kappa shape index (κ1) is 25.4. The Hall–Kier alpha value is -2.89. The Morgan fingerprint density at radius 1 is 1.03 bits per heavy atom. The van der Waals surface area contributed by atoms with Crippen LogP contribution in [0, 0.1) is 23.7 Å². The zero-order chi connectivity index (χ0) is 26.8. The monoisotopic (exact) mass is 528 g/mol. The quantitative estimate of drug-likeness (QED) is 0.521. The molecule has 1 aliphatic carbocycles. The van der Waals surface area contributed by atoms with E-state index in [1.807, 2.05) is 13.8 Å². The first-order valence-corrected chi connectivity index (χ1v) is 13.3. The third kappa shape index (κ3) is 3.62. The number of rotatable bonds is 6. The smallest absolute Gasteiger partial charge is 0.228 e. The van der Waals surface area contributed by atoms with Gasteiger partial charge in [-0.05, 0) is 38.0 Å². The minimum Gasteiger partial charge on any atom is -0.493 e. The van der Waals surface area contributed by atoms with Crippen molar-refractivity contribution < 1.29 is 33.5 Å². The van der Waals surface area contributed by atoms with Crippen LogP contribution < -0.4 is 14.2 Å². The van der Waals surface area contributed by atoms with E-state index in [1.165, 1.54) is 0 Å². The molecule has 1 aromatic carbocycles. The van der Waals surface area contributed by atoms with Crippen molar-refractivity contribution in [3.05, 3.63) is 24.0 Å². The summed E-state index contributed by atoms with van der Waals surface area (Å²) in [5.74, 6) is 1.16. The average molecular weight is 529 g/mol. The molecule has 1 saturated carbocycles. The van der Waals surface area contributed by atoms with Crippen molar-refractivity contribution in [1.29, 1.82) is 0 Å². The fourth-order valence-electron chi connectivity index (χ4n) is 7.19. The van der Waals surface area contributed by atoms with Crippen molar-refractivity contribution in [3.8, 4) is 22.9 Å². The lowest BCUT2D eigenvalue weighted by molar-refractivity contribution is -0.548. The summed E-state index contributed by atoms with van der Waals surface area (Å²) in [5, 5.41) is 8.74. The van der Waals surface area contributed by atoms with Crippen molar-refractivity contribution in [2.75, 3.05) is 21.3 Å². The van der Waals surface area contributed by atoms with E-state index in [0.717, 1.165) is 25.7 Å². The van der Waals surface area contributed by atoms with Crippen LogP contribution in [-0.2, 0) is 25.9 Å². The molecule has 2 aromatic rings. The molecule has 1 amide bonds. The molecular weight excluding hydrogens is 492 g/mol. The van der Waals surface area contributed by atoms with E-state index in [9.17, 15) is 4.79 Å². The van der Waals surface area contributed by atoms with Gasteiger partial charge in [-0.25, -0.2) is 14.5 Å². The molecular formula is C27H36N4O7. The summed E-state index contributed by atoms with van der Waals surface area (Å²) in [4.78, 5) is 27.9. The van der Waals surface area contributed by atoms with Crippen LogP contribution in [0.2, 0.25) is 0 Å². The Balaban J connectivity index is 1.35. The van der Waals surface area contributed by atoms with Crippen molar-refractivity contribution in [2.45, 2.75) is 70.6 Å². The highest BCUT2D eigenvalue weighted by molar-refractivity contribution is 5.80. The second kappa shape index (κ2) is 9.10. The molecule has 7 atom stereocenters. The summed E-state index contributed by atoms with van der Waals surface area (Å²) in [6, 6.07) is 3.59. The number of hydrogen-bond donors (Lipinski definition) is 0. The van der Waals surface area contributed by atoms with Crippen LogP contribution in [0.4, 0.5) is 0 Å². The molecule has 5 fully saturated rings. The zero-order valence-electron chi connectivity index (χ0n) is 22.8. The number of ether oxygens (including phenoxy) is 4. The van der Waals surface area contributed by atoms with E-state index in [0.29, 0.717) is 34.5 Å². The average Bonchev–Trinajstić information content (AvgIpc) is 3.27. The van der Waals surface area contributed by atoms with E-state index in [1.54, 1.807) is 49.2 Å². The Labute approximate surface area is 222 Å². The number of piperidine rings is 1. The molecule has 0 unspecified atom stereocenters. The predicted molar refractivity (Wildman–Crippen MR) is 134 cm³/mol. The van der Waals surface area contributed by atoms with Gasteiger partial charge in [-0.3, -0.25) is 4.79 Å². The molecule has 5 heterocycles. The van der Waals surface area contributed by atoms with Crippen LogP contribution in [0.3, 0.4) is 0 Å². The molecule has 4 saturated heterocycles. The van der Waals surface area contributed by atoms with Gasteiger partial charge in [-0.15, -0.1) is 5.10 Å². The molecule has 206 valence electrons. The number of carbonyl (C=O) groups is 1. The largest absolute Gasteiger partial charge is 0.493 e. The Morgan fingerprint density at radius 3 is 2.45 bits per heavy atom. The number of likely N-dealkylation sites (tertiary alicyclic amines) is 1. The number of benzene rings is 1. The SMILES string of the molecule is COc1cc(-n2cc(CN3C(=O)[C@H](C)[C@@H]4CC[C@@H](C)[C@@H]5CC[C@@]6(C)OO[C@]54[C@H]3O6)nn2)cc(OC)c1OC. The van der Waals surface area contributed by atoms with E-state index < -0.39 is 17.6 Å². The number of carbonyl (C=O) groups excluding carboxylic acids is 1. The van der Waals surface area contributed by atoms with Crippen LogP contribution in [-0.4, -0.2) is 64.7 Å². The molecule has 11 nitrogen and oxygen atoms in total. The van der Waals surface area contributed by atoms with Crippen molar-refractivity contribution in [2.24, 2.45) is 23.7 Å². The van der Waals surface area contributed by atoms with Crippen LogP contribution in [0.25, 0.3) is 5.69 Å². The van der Waals surface area contributed by atoms with Crippen LogP contribution in [0.5, 0.6) is 17.2 Å². The second-order valence-corrected chi connectivity index (χ2v) is 11.2. The molecule has 7 rings (SSSR count). The van der Waals surface area contributed by atoms with Gasteiger partial charge in [0.2, 0.25) is 17.4 Å². The van der Waals surface area contributed by atoms with Gasteiger partial charge >= 0.3 is 0 Å². The normalized spacial score (nSPS) is 36.0. The summed E-state index contributed by atoms with van der Waals surface area (Å²) in [5.41, 5.74) is 0.614. The highest BCUT2D eigenvalue weighted by Crippen LogP contribution is 2.60. The lowest BCUT2D eigenvalue weighted by atomic mass is 9.57. The molecule has 11 heteroatoms. The van der Waals surface area contributed by atoms with Crippen molar-refractivity contribution in [3.63, 3.8) is 0 Å². The fraction of sp³-hybridized carbons (Fsp3) is 0.667. The van der Waals surface area contributed by atoms with E-state index in [4.69, 9.17) is 28.7 Å². The highest BCUT2D eigenvalue weighted by atomic mass is 17.3. The van der Waals surface area contributed by atoms with Gasteiger partial charge in [0.05, 0.1) is 39.8 Å². The molecule has 1 aromatic heterocycles. The summed E-state index contributed by atoms with van der Waals surface area (Å²) >= 11 is 0. The number of fused-ring (bicyclic) bond motifs is 2. The topological polar surface area (TPSA) is 106 Å². The first-order chi connectivity index (χ1) is 18.2. The standard InChI is InChI=1S/C27H36N4O7/c1-15-7-8-20-16(2)24(32)30(25-27(20)19(15)9-10-26(3,36-25)37-38-27)13-17-14-31(29-28-17)18-11-21(33-4)23(35-6)22(12-18)34-5/h11-12,14-16,19-20,25H,7-10,13H2,1-6H3/t15-,16-,19+,20+,25-,26-,27-/m1/s1. The fourth-order valence-corrected chi connectivity index (χ4v) is 7.19. The van der Waals surface area contributed by atoms with Crippen molar-refractivity contribution in [1.82, 2.24) is 19.9 Å². The Kier molecular flexibility index (Phi) is 6.08. The van der Waals surface area contributed by atoms with Crippen LogP contribution >= 0.6 is 0 Å². The van der Waals surface area contributed by atoms with Crippen LogP contribution in [0.15, 0.2) is 18.3 Å². The number of methoxy groups -OCH3 is 3. The summed E-state index contributed by atoms with van der Waals surface area (Å²) in [7, 11) is 4.69. The summed E-state index contributed by atoms with van der Waals surface area (Å²) < 4.78 is 24.6. The maximum atomic E-state index is 13.8. The lowest BCUT2D eigenvalue weighted by Crippen LogP contribution is -2.74. The van der Waals surface area contributed by atoms with Gasteiger partial charge in [-0.2, -0.15) is 0 Å². The maximum absolute atomic E-state index is 13.8. The zero-order valence-corrected chi connectivity index (χ0v) is 22.8. The minimum absolute atomic E-state index is 0.0370. The van der Waals surface area contributed by atoms with Gasteiger partial charge in [0, 0.05) is 30.4 Å². The Morgan fingerprint density at radius 2 is 1.76 bits per heavy atom. The van der Waals surface area contributed by atoms with E-state index >= 15 is 0 Å². The molecule has 0 radical (unpaired) electrons. The van der Waals surface area contributed by atoms with Crippen molar-refractivity contribution >= 4 is 5.91 Å². The van der Waals surface area contributed by atoms with Gasteiger partial charge in [-0.1, -0.05) is 19.1 Å². The second-order valence-electron chi connectivity index (χ2n) is 11.2. The minimum atomic E-state index is -0.898. The predicted octanol–water partition coefficient (Wildman–Crippen LogP) is 3.49. The Bertz CT molecular complexity index is 1210. The van der Waals surface area contributed by atoms with E-state index in [2.05, 4.69) is 17.2 Å². The summed E-state index contributed by atoms with van der Waals surface area (Å²) in [6.07, 6.45) is 4.89. The molecule has 38 heavy (non-hydrogen) atoms. The first-order valence-electron chi connectivity index (χ1n) is 13.3. The lowest BCUT2D eigenvalue weighted by Gasteiger charge is -2.61. The number of aromatic nitrogens is 3.